The van der Waals surface area contributed by atoms with Crippen LogP contribution in [0.4, 0.5) is 0 Å². The highest BCUT2D eigenvalue weighted by molar-refractivity contribution is 5.89. The van der Waals surface area contributed by atoms with E-state index in [0.29, 0.717) is 0 Å². The first-order chi connectivity index (χ1) is 5.56. The Kier molecular flexibility index (Phi) is 2.09. The number of aliphatic hydroxyl groups is 1. The van der Waals surface area contributed by atoms with Crippen LogP contribution in [0.5, 0.6) is 0 Å². The molecule has 0 bridgehead atoms. The quantitative estimate of drug-likeness (QED) is 0.242. The van der Waals surface area contributed by atoms with Gasteiger partial charge in [-0.25, -0.2) is 0 Å². The van der Waals surface area contributed by atoms with Crippen LogP contribution in [-0.2, 0) is 23.9 Å². The predicted octanol–water partition coefficient (Wildman–Crippen LogP) is -1.29. The van der Waals surface area contributed by atoms with E-state index in [1.165, 1.54) is 0 Å². The molecule has 6 heteroatoms. The van der Waals surface area contributed by atoms with Crippen LogP contribution in [0.1, 0.15) is 12.8 Å². The molecular weight excluding hydrogens is 168 g/mol. The van der Waals surface area contributed by atoms with Gasteiger partial charge in [0, 0.05) is 0 Å². The molecule has 0 aliphatic carbocycles. The van der Waals surface area contributed by atoms with E-state index >= 15 is 0 Å². The fourth-order valence-corrected chi connectivity index (χ4v) is 0.886. The molecule has 12 heavy (non-hydrogen) atoms. The first-order valence-corrected chi connectivity index (χ1v) is 3.13. The standard InChI is InChI=1S/C6H6O6/c7-3-11-6(10)1-4(8)12-5(9)2-6/h3,10H,1-2H2. The van der Waals surface area contributed by atoms with Gasteiger partial charge < -0.3 is 14.6 Å². The molecule has 66 valence electrons. The fraction of sp³-hybridized carbons (Fsp3) is 0.500. The number of hydrogen-bond donors (Lipinski definition) is 1. The molecular formula is C6H6O6. The molecule has 0 radical (unpaired) electrons. The third-order valence-electron chi connectivity index (χ3n) is 1.34. The van der Waals surface area contributed by atoms with Gasteiger partial charge in [-0.05, 0) is 0 Å². The van der Waals surface area contributed by atoms with E-state index in [1.54, 1.807) is 0 Å². The first-order valence-electron chi connectivity index (χ1n) is 3.13. The highest BCUT2D eigenvalue weighted by atomic mass is 16.7. The van der Waals surface area contributed by atoms with Crippen LogP contribution < -0.4 is 0 Å². The van der Waals surface area contributed by atoms with Gasteiger partial charge in [0.15, 0.2) is 0 Å². The van der Waals surface area contributed by atoms with E-state index < -0.39 is 30.6 Å². The molecule has 0 atom stereocenters. The SMILES string of the molecule is O=COC1(O)CC(=O)OC(=O)C1. The Morgan fingerprint density at radius 1 is 1.42 bits per heavy atom. The summed E-state index contributed by atoms with van der Waals surface area (Å²) in [4.78, 5) is 31.0. The summed E-state index contributed by atoms with van der Waals surface area (Å²) in [5, 5.41) is 9.24. The highest BCUT2D eigenvalue weighted by Crippen LogP contribution is 2.22. The van der Waals surface area contributed by atoms with Gasteiger partial charge >= 0.3 is 11.9 Å². The molecule has 0 saturated carbocycles. The van der Waals surface area contributed by atoms with Crippen molar-refractivity contribution in [2.75, 3.05) is 0 Å². The van der Waals surface area contributed by atoms with E-state index in [1.807, 2.05) is 0 Å². The van der Waals surface area contributed by atoms with Gasteiger partial charge in [0.1, 0.15) is 12.8 Å². The highest BCUT2D eigenvalue weighted by Gasteiger charge is 2.41. The van der Waals surface area contributed by atoms with Crippen molar-refractivity contribution >= 4 is 18.4 Å². The van der Waals surface area contributed by atoms with Crippen molar-refractivity contribution in [3.05, 3.63) is 0 Å². The number of rotatable bonds is 2. The average molecular weight is 174 g/mol. The van der Waals surface area contributed by atoms with Gasteiger partial charge in [-0.3, -0.25) is 14.4 Å². The molecule has 0 unspecified atom stereocenters. The summed E-state index contributed by atoms with van der Waals surface area (Å²) < 4.78 is 8.26. The van der Waals surface area contributed by atoms with Crippen LogP contribution in [-0.4, -0.2) is 29.3 Å². The van der Waals surface area contributed by atoms with Crippen LogP contribution in [0.15, 0.2) is 0 Å². The molecule has 0 amide bonds. The Morgan fingerprint density at radius 2 is 1.92 bits per heavy atom. The first kappa shape index (κ1) is 8.66. The minimum atomic E-state index is -2.02. The van der Waals surface area contributed by atoms with E-state index in [9.17, 15) is 19.5 Å². The van der Waals surface area contributed by atoms with Crippen molar-refractivity contribution in [2.24, 2.45) is 0 Å². The summed E-state index contributed by atoms with van der Waals surface area (Å²) in [7, 11) is 0. The minimum Gasteiger partial charge on any atom is -0.434 e. The van der Waals surface area contributed by atoms with Crippen molar-refractivity contribution in [1.29, 1.82) is 0 Å². The lowest BCUT2D eigenvalue weighted by Crippen LogP contribution is -2.43. The van der Waals surface area contributed by atoms with E-state index in [0.717, 1.165) is 0 Å². The van der Waals surface area contributed by atoms with Gasteiger partial charge in [0.05, 0.1) is 0 Å². The van der Waals surface area contributed by atoms with Crippen LogP contribution in [0.2, 0.25) is 0 Å². The second-order valence-electron chi connectivity index (χ2n) is 2.36. The summed E-state index contributed by atoms with van der Waals surface area (Å²) in [5.74, 6) is -3.83. The molecule has 1 aliphatic heterocycles. The Morgan fingerprint density at radius 3 is 2.33 bits per heavy atom. The lowest BCUT2D eigenvalue weighted by atomic mass is 10.1. The molecule has 0 aromatic rings. The van der Waals surface area contributed by atoms with Crippen molar-refractivity contribution < 1.29 is 29.0 Å². The Labute approximate surface area is 67.1 Å². The number of ether oxygens (including phenoxy) is 2. The number of hydrogen-bond acceptors (Lipinski definition) is 6. The van der Waals surface area contributed by atoms with Crippen molar-refractivity contribution in [2.45, 2.75) is 18.6 Å². The van der Waals surface area contributed by atoms with Crippen LogP contribution >= 0.6 is 0 Å². The third-order valence-corrected chi connectivity index (χ3v) is 1.34. The summed E-state index contributed by atoms with van der Waals surface area (Å²) in [6, 6.07) is 0. The van der Waals surface area contributed by atoms with Crippen molar-refractivity contribution in [3.8, 4) is 0 Å². The molecule has 0 aromatic carbocycles. The molecule has 1 saturated heterocycles. The summed E-state index contributed by atoms with van der Waals surface area (Å²) >= 11 is 0. The predicted molar refractivity (Wildman–Crippen MR) is 32.4 cm³/mol. The van der Waals surface area contributed by atoms with Gasteiger partial charge in [-0.2, -0.15) is 0 Å². The molecule has 1 heterocycles. The molecule has 1 N–H and O–H groups in total. The molecule has 0 aromatic heterocycles. The maximum Gasteiger partial charge on any atom is 0.320 e. The topological polar surface area (TPSA) is 89.9 Å². The van der Waals surface area contributed by atoms with E-state index in [4.69, 9.17) is 0 Å². The Hall–Kier alpha value is -1.43. The number of esters is 2. The average Bonchev–Trinajstić information content (AvgIpc) is 1.82. The van der Waals surface area contributed by atoms with E-state index in [-0.39, 0.29) is 6.47 Å². The zero-order valence-electron chi connectivity index (χ0n) is 5.98. The van der Waals surface area contributed by atoms with E-state index in [2.05, 4.69) is 9.47 Å². The molecule has 0 spiro atoms. The number of carbonyl (C=O) groups is 3. The normalized spacial score (nSPS) is 21.4. The molecule has 1 aliphatic rings. The van der Waals surface area contributed by atoms with Gasteiger partial charge in [0.25, 0.3) is 6.47 Å². The van der Waals surface area contributed by atoms with Gasteiger partial charge in [0.2, 0.25) is 5.79 Å². The number of carbonyl (C=O) groups excluding carboxylic acids is 3. The maximum atomic E-state index is 10.6. The monoisotopic (exact) mass is 174 g/mol. The lowest BCUT2D eigenvalue weighted by molar-refractivity contribution is -0.221. The van der Waals surface area contributed by atoms with Crippen molar-refractivity contribution in [3.63, 3.8) is 0 Å². The number of cyclic esters (lactones) is 2. The van der Waals surface area contributed by atoms with Crippen LogP contribution in [0.25, 0.3) is 0 Å². The van der Waals surface area contributed by atoms with Crippen molar-refractivity contribution in [1.82, 2.24) is 0 Å². The molecule has 1 rings (SSSR count). The fourth-order valence-electron chi connectivity index (χ4n) is 0.886. The summed E-state index contributed by atoms with van der Waals surface area (Å²) in [6.45, 7) is -0.0219. The zero-order valence-corrected chi connectivity index (χ0v) is 5.98. The molecule has 6 nitrogen and oxygen atoms in total. The summed E-state index contributed by atoms with van der Waals surface area (Å²) in [6.07, 6.45) is -1.03. The second kappa shape index (κ2) is 2.90. The second-order valence-corrected chi connectivity index (χ2v) is 2.36. The Bertz CT molecular complexity index is 216. The van der Waals surface area contributed by atoms with Crippen LogP contribution in [0.3, 0.4) is 0 Å². The lowest BCUT2D eigenvalue weighted by Gasteiger charge is -2.26. The Balaban J connectivity index is 2.70. The smallest absolute Gasteiger partial charge is 0.320 e. The van der Waals surface area contributed by atoms with Crippen LogP contribution in [0, 0.1) is 0 Å². The van der Waals surface area contributed by atoms with Gasteiger partial charge in [-0.1, -0.05) is 0 Å². The largest absolute Gasteiger partial charge is 0.434 e. The summed E-state index contributed by atoms with van der Waals surface area (Å²) in [5.41, 5.74) is 0. The minimum absolute atomic E-state index is 0.0219. The van der Waals surface area contributed by atoms with Gasteiger partial charge in [-0.15, -0.1) is 0 Å². The zero-order chi connectivity index (χ0) is 9.19. The maximum absolute atomic E-state index is 10.6. The molecule has 1 fully saturated rings. The third kappa shape index (κ3) is 1.79.